The second-order valence-corrected chi connectivity index (χ2v) is 10.7. The van der Waals surface area contributed by atoms with E-state index in [1.807, 2.05) is 84.9 Å². The SMILES string of the molecule is O=c1[nH]c(O[C@@H]2CC(OCc3ccccc3)O[C@@H]2COC(c2ccccc2)(c2ccccc2)c2ccccc2)ncc1Cl. The van der Waals surface area contributed by atoms with Gasteiger partial charge < -0.3 is 18.9 Å². The fourth-order valence-corrected chi connectivity index (χ4v) is 5.46. The molecule has 8 heteroatoms. The zero-order valence-electron chi connectivity index (χ0n) is 23.3. The lowest BCUT2D eigenvalue weighted by molar-refractivity contribution is -0.161. The lowest BCUT2D eigenvalue weighted by Crippen LogP contribution is -2.39. The topological polar surface area (TPSA) is 82.7 Å². The molecule has 1 saturated heterocycles. The minimum atomic E-state index is -0.937. The summed E-state index contributed by atoms with van der Waals surface area (Å²) >= 11 is 5.90. The summed E-state index contributed by atoms with van der Waals surface area (Å²) in [7, 11) is 0. The summed E-state index contributed by atoms with van der Waals surface area (Å²) in [5.41, 5.74) is 2.54. The van der Waals surface area contributed by atoms with Crippen LogP contribution in [0, 0.1) is 0 Å². The average molecular weight is 595 g/mol. The molecule has 0 bridgehead atoms. The van der Waals surface area contributed by atoms with Gasteiger partial charge in [0.1, 0.15) is 22.8 Å². The number of ether oxygens (including phenoxy) is 4. The second kappa shape index (κ2) is 13.4. The first-order chi connectivity index (χ1) is 21.1. The van der Waals surface area contributed by atoms with Crippen LogP contribution in [-0.4, -0.2) is 35.1 Å². The molecule has 0 aliphatic carbocycles. The Morgan fingerprint density at radius 1 is 0.814 bits per heavy atom. The van der Waals surface area contributed by atoms with Crippen molar-refractivity contribution in [3.8, 4) is 6.01 Å². The van der Waals surface area contributed by atoms with Crippen LogP contribution in [0.1, 0.15) is 28.7 Å². The van der Waals surface area contributed by atoms with Crippen LogP contribution in [0.3, 0.4) is 0 Å². The van der Waals surface area contributed by atoms with E-state index in [1.54, 1.807) is 0 Å². The van der Waals surface area contributed by atoms with Crippen molar-refractivity contribution in [1.29, 1.82) is 0 Å². The quantitative estimate of drug-likeness (QED) is 0.176. The molecule has 218 valence electrons. The van der Waals surface area contributed by atoms with Crippen LogP contribution in [0.25, 0.3) is 0 Å². The first-order valence-electron chi connectivity index (χ1n) is 14.1. The van der Waals surface area contributed by atoms with Gasteiger partial charge in [-0.15, -0.1) is 0 Å². The van der Waals surface area contributed by atoms with Gasteiger partial charge in [0.05, 0.1) is 19.4 Å². The smallest absolute Gasteiger partial charge is 0.296 e. The Bertz CT molecular complexity index is 1560. The van der Waals surface area contributed by atoms with Gasteiger partial charge in [-0.25, -0.2) is 4.98 Å². The van der Waals surface area contributed by atoms with Gasteiger partial charge in [-0.1, -0.05) is 133 Å². The largest absolute Gasteiger partial charge is 0.458 e. The number of hydrogen-bond acceptors (Lipinski definition) is 6. The summed E-state index contributed by atoms with van der Waals surface area (Å²) < 4.78 is 25.7. The van der Waals surface area contributed by atoms with Gasteiger partial charge in [0.15, 0.2) is 6.29 Å². The van der Waals surface area contributed by atoms with Crippen LogP contribution < -0.4 is 10.3 Å². The first-order valence-corrected chi connectivity index (χ1v) is 14.5. The summed E-state index contributed by atoms with van der Waals surface area (Å²) in [6.07, 6.45) is 0.0493. The molecule has 43 heavy (non-hydrogen) atoms. The second-order valence-electron chi connectivity index (χ2n) is 10.2. The molecule has 1 aliphatic rings. The molecule has 4 aromatic carbocycles. The fourth-order valence-electron chi connectivity index (χ4n) is 5.36. The maximum absolute atomic E-state index is 12.2. The van der Waals surface area contributed by atoms with Crippen LogP contribution in [0.4, 0.5) is 0 Å². The van der Waals surface area contributed by atoms with E-state index in [0.717, 1.165) is 22.3 Å². The van der Waals surface area contributed by atoms with Crippen molar-refractivity contribution in [2.45, 2.75) is 37.1 Å². The Morgan fingerprint density at radius 3 is 1.88 bits per heavy atom. The summed E-state index contributed by atoms with van der Waals surface area (Å²) in [4.78, 5) is 18.9. The molecule has 6 rings (SSSR count). The van der Waals surface area contributed by atoms with E-state index in [9.17, 15) is 4.79 Å². The van der Waals surface area contributed by atoms with Gasteiger partial charge in [-0.3, -0.25) is 9.78 Å². The molecule has 0 spiro atoms. The van der Waals surface area contributed by atoms with E-state index in [2.05, 4.69) is 46.4 Å². The third-order valence-electron chi connectivity index (χ3n) is 7.45. The van der Waals surface area contributed by atoms with Crippen molar-refractivity contribution in [2.75, 3.05) is 6.61 Å². The number of benzene rings is 4. The number of rotatable bonds is 11. The number of halogens is 1. The van der Waals surface area contributed by atoms with Gasteiger partial charge in [-0.2, -0.15) is 0 Å². The van der Waals surface area contributed by atoms with E-state index in [-0.39, 0.29) is 17.6 Å². The van der Waals surface area contributed by atoms with Crippen LogP contribution in [-0.2, 0) is 26.4 Å². The Kier molecular flexibility index (Phi) is 8.96. The van der Waals surface area contributed by atoms with Crippen molar-refractivity contribution in [3.63, 3.8) is 0 Å². The van der Waals surface area contributed by atoms with Crippen LogP contribution in [0.15, 0.2) is 132 Å². The van der Waals surface area contributed by atoms with Crippen molar-refractivity contribution in [3.05, 3.63) is 165 Å². The van der Waals surface area contributed by atoms with Crippen molar-refractivity contribution in [2.24, 2.45) is 0 Å². The van der Waals surface area contributed by atoms with Gasteiger partial charge in [0.2, 0.25) is 0 Å². The normalized spacial score (nSPS) is 18.4. The zero-order valence-corrected chi connectivity index (χ0v) is 24.1. The maximum Gasteiger partial charge on any atom is 0.296 e. The highest BCUT2D eigenvalue weighted by Crippen LogP contribution is 2.41. The third-order valence-corrected chi connectivity index (χ3v) is 7.71. The van der Waals surface area contributed by atoms with Gasteiger partial charge in [0.25, 0.3) is 11.6 Å². The number of aromatic amines is 1. The minimum Gasteiger partial charge on any atom is -0.458 e. The molecule has 2 heterocycles. The van der Waals surface area contributed by atoms with Crippen LogP contribution in [0.2, 0.25) is 5.02 Å². The molecule has 1 aromatic heterocycles. The fraction of sp³-hybridized carbons (Fsp3) is 0.200. The van der Waals surface area contributed by atoms with Gasteiger partial charge in [0, 0.05) is 6.42 Å². The summed E-state index contributed by atoms with van der Waals surface area (Å²) in [6, 6.07) is 40.4. The van der Waals surface area contributed by atoms with Crippen molar-refractivity contribution >= 4 is 11.6 Å². The van der Waals surface area contributed by atoms with Gasteiger partial charge in [-0.05, 0) is 22.3 Å². The van der Waals surface area contributed by atoms with E-state index in [4.69, 9.17) is 30.5 Å². The molecule has 1 unspecified atom stereocenters. The number of hydrogen-bond donors (Lipinski definition) is 1. The molecule has 0 amide bonds. The average Bonchev–Trinajstić information content (AvgIpc) is 3.45. The van der Waals surface area contributed by atoms with Crippen LogP contribution >= 0.6 is 11.6 Å². The zero-order chi connectivity index (χ0) is 29.5. The summed E-state index contributed by atoms with van der Waals surface area (Å²) in [5, 5.41) is -0.0163. The van der Waals surface area contributed by atoms with E-state index >= 15 is 0 Å². The molecular formula is C35H31ClN2O5. The number of nitrogens with one attached hydrogen (secondary N) is 1. The number of nitrogens with zero attached hydrogens (tertiary/aromatic N) is 1. The molecule has 1 N–H and O–H groups in total. The Morgan fingerprint density at radius 2 is 1.35 bits per heavy atom. The monoisotopic (exact) mass is 594 g/mol. The summed E-state index contributed by atoms with van der Waals surface area (Å²) in [5.74, 6) is 0. The number of H-pyrrole nitrogens is 1. The molecule has 1 aliphatic heterocycles. The Labute approximate surface area is 255 Å². The highest BCUT2D eigenvalue weighted by atomic mass is 35.5. The lowest BCUT2D eigenvalue weighted by Gasteiger charge is -2.37. The maximum atomic E-state index is 12.2. The third kappa shape index (κ3) is 6.55. The predicted octanol–water partition coefficient (Wildman–Crippen LogP) is 6.51. The molecule has 3 atom stereocenters. The number of aromatic nitrogens is 2. The van der Waals surface area contributed by atoms with Crippen molar-refractivity contribution < 1.29 is 18.9 Å². The first kappa shape index (κ1) is 28.8. The van der Waals surface area contributed by atoms with Crippen molar-refractivity contribution in [1.82, 2.24) is 9.97 Å². The predicted molar refractivity (Wildman–Crippen MR) is 164 cm³/mol. The summed E-state index contributed by atoms with van der Waals surface area (Å²) in [6.45, 7) is 0.538. The van der Waals surface area contributed by atoms with Gasteiger partial charge >= 0.3 is 0 Å². The molecule has 5 aromatic rings. The lowest BCUT2D eigenvalue weighted by atomic mass is 9.80. The highest BCUT2D eigenvalue weighted by molar-refractivity contribution is 6.30. The van der Waals surface area contributed by atoms with Crippen LogP contribution in [0.5, 0.6) is 6.01 Å². The van der Waals surface area contributed by atoms with E-state index in [1.165, 1.54) is 6.20 Å². The minimum absolute atomic E-state index is 0.0163. The molecule has 1 fully saturated rings. The van der Waals surface area contributed by atoms with E-state index in [0.29, 0.717) is 13.0 Å². The standard InChI is InChI=1S/C35H31ClN2O5/c36-29-22-37-34(38-33(29)39)43-30-21-32(40-23-25-13-5-1-6-14-25)42-31(30)24-41-35(26-15-7-2-8-16-26,27-17-9-3-10-18-27)28-19-11-4-12-20-28/h1-20,22,30-32H,21,23-24H2,(H,37,38,39)/t30-,31-,32?/m1/s1. The Hall–Kier alpha value is -4.27. The molecule has 7 nitrogen and oxygen atoms in total. The molecule has 0 saturated carbocycles. The molecule has 0 radical (unpaired) electrons. The van der Waals surface area contributed by atoms with E-state index < -0.39 is 29.7 Å². The molecular weight excluding hydrogens is 564 g/mol. The highest BCUT2D eigenvalue weighted by Gasteiger charge is 2.43. The Balaban J connectivity index is 1.32.